The summed E-state index contributed by atoms with van der Waals surface area (Å²) in [4.78, 5) is 13.0. The number of anilines is 1. The van der Waals surface area contributed by atoms with Crippen molar-refractivity contribution in [2.75, 3.05) is 11.9 Å². The van der Waals surface area contributed by atoms with E-state index in [2.05, 4.69) is 0 Å². The fourth-order valence-electron chi connectivity index (χ4n) is 1.28. The number of alkyl halides is 2. The Morgan fingerprint density at radius 2 is 1.72 bits per heavy atom. The molecule has 100 valence electrons. The lowest BCUT2D eigenvalue weighted by Crippen LogP contribution is -2.34. The molecule has 1 aromatic carbocycles. The average molecular weight is 257 g/mol. The van der Waals surface area contributed by atoms with Crippen molar-refractivity contribution in [1.82, 2.24) is 0 Å². The summed E-state index contributed by atoms with van der Waals surface area (Å²) in [6.07, 6.45) is -3.03. The zero-order chi connectivity index (χ0) is 13.9. The third-order valence-corrected chi connectivity index (χ3v) is 2.20. The van der Waals surface area contributed by atoms with Gasteiger partial charge in [-0.05, 0) is 32.9 Å². The van der Waals surface area contributed by atoms with Crippen LogP contribution < -0.4 is 4.90 Å². The van der Waals surface area contributed by atoms with Crippen molar-refractivity contribution in [3.63, 3.8) is 0 Å². The fraction of sp³-hybridized carbons (Fsp3) is 0.462. The maximum Gasteiger partial charge on any atom is 0.414 e. The molecule has 0 radical (unpaired) electrons. The van der Waals surface area contributed by atoms with Gasteiger partial charge in [-0.2, -0.15) is 0 Å². The minimum absolute atomic E-state index is 0.0728. The molecule has 0 fully saturated rings. The molecule has 0 unspecified atom stereocenters. The molecule has 1 amide bonds. The highest BCUT2D eigenvalue weighted by molar-refractivity contribution is 5.87. The first-order valence-electron chi connectivity index (χ1n) is 5.55. The van der Waals surface area contributed by atoms with E-state index in [4.69, 9.17) is 4.74 Å². The van der Waals surface area contributed by atoms with E-state index in [-0.39, 0.29) is 5.56 Å². The SMILES string of the molecule is CN(C(=O)OC(C)(C)C)c1ccc(C(F)F)cc1. The maximum absolute atomic E-state index is 12.4. The molecule has 18 heavy (non-hydrogen) atoms. The summed E-state index contributed by atoms with van der Waals surface area (Å²) in [5, 5.41) is 0. The molecule has 0 saturated heterocycles. The van der Waals surface area contributed by atoms with Crippen LogP contribution in [0, 0.1) is 0 Å². The van der Waals surface area contributed by atoms with E-state index >= 15 is 0 Å². The van der Waals surface area contributed by atoms with E-state index in [1.807, 2.05) is 0 Å². The first-order chi connectivity index (χ1) is 8.20. The Morgan fingerprint density at radius 3 is 2.11 bits per heavy atom. The van der Waals surface area contributed by atoms with Crippen molar-refractivity contribution < 1.29 is 18.3 Å². The summed E-state index contributed by atoms with van der Waals surface area (Å²) in [5.74, 6) is 0. The van der Waals surface area contributed by atoms with Crippen molar-refractivity contribution in [3.05, 3.63) is 29.8 Å². The molecule has 0 bridgehead atoms. The molecule has 0 N–H and O–H groups in total. The number of amides is 1. The topological polar surface area (TPSA) is 29.5 Å². The van der Waals surface area contributed by atoms with Crippen molar-refractivity contribution in [3.8, 4) is 0 Å². The highest BCUT2D eigenvalue weighted by Gasteiger charge is 2.20. The number of hydrogen-bond acceptors (Lipinski definition) is 2. The van der Waals surface area contributed by atoms with E-state index in [1.54, 1.807) is 20.8 Å². The van der Waals surface area contributed by atoms with Crippen LogP contribution in [0.1, 0.15) is 32.8 Å². The number of halogens is 2. The Kier molecular flexibility index (Phi) is 4.27. The third-order valence-electron chi connectivity index (χ3n) is 2.20. The van der Waals surface area contributed by atoms with Crippen LogP contribution in [0.25, 0.3) is 0 Å². The number of carbonyl (C=O) groups is 1. The molecule has 0 aliphatic rings. The van der Waals surface area contributed by atoms with Crippen LogP contribution in [-0.2, 0) is 4.74 Å². The highest BCUT2D eigenvalue weighted by atomic mass is 19.3. The van der Waals surface area contributed by atoms with Gasteiger partial charge in [0.2, 0.25) is 0 Å². The molecule has 5 heteroatoms. The summed E-state index contributed by atoms with van der Waals surface area (Å²) in [6.45, 7) is 5.29. The Labute approximate surface area is 105 Å². The minimum Gasteiger partial charge on any atom is -0.443 e. The smallest absolute Gasteiger partial charge is 0.414 e. The number of hydrogen-bond donors (Lipinski definition) is 0. The second-order valence-corrected chi connectivity index (χ2v) is 4.93. The molecule has 0 aliphatic carbocycles. The van der Waals surface area contributed by atoms with Crippen LogP contribution in [0.2, 0.25) is 0 Å². The van der Waals surface area contributed by atoms with Crippen LogP contribution in [0.15, 0.2) is 24.3 Å². The van der Waals surface area contributed by atoms with Crippen molar-refractivity contribution in [2.45, 2.75) is 32.8 Å². The average Bonchev–Trinajstić information content (AvgIpc) is 2.26. The van der Waals surface area contributed by atoms with E-state index in [0.717, 1.165) is 0 Å². The third kappa shape index (κ3) is 3.98. The number of ether oxygens (including phenoxy) is 1. The predicted octanol–water partition coefficient (Wildman–Crippen LogP) is 4.00. The molecule has 3 nitrogen and oxygen atoms in total. The van der Waals surface area contributed by atoms with Crippen LogP contribution >= 0.6 is 0 Å². The quantitative estimate of drug-likeness (QED) is 0.801. The lowest BCUT2D eigenvalue weighted by molar-refractivity contribution is 0.0589. The Bertz CT molecular complexity index is 410. The number of nitrogens with zero attached hydrogens (tertiary/aromatic N) is 1. The van der Waals surface area contributed by atoms with Crippen LogP contribution in [0.4, 0.5) is 19.3 Å². The monoisotopic (exact) mass is 257 g/mol. The van der Waals surface area contributed by atoms with Gasteiger partial charge < -0.3 is 4.74 Å². The minimum atomic E-state index is -2.51. The van der Waals surface area contributed by atoms with Gasteiger partial charge >= 0.3 is 6.09 Å². The van der Waals surface area contributed by atoms with Crippen molar-refractivity contribution in [2.24, 2.45) is 0 Å². The first-order valence-corrected chi connectivity index (χ1v) is 5.55. The summed E-state index contributed by atoms with van der Waals surface area (Å²) in [6, 6.07) is 5.51. The molecular formula is C13H17F2NO2. The van der Waals surface area contributed by atoms with E-state index in [0.29, 0.717) is 5.69 Å². The molecule has 0 heterocycles. The Balaban J connectivity index is 2.78. The predicted molar refractivity (Wildman–Crippen MR) is 66.0 cm³/mol. The van der Waals surface area contributed by atoms with Gasteiger partial charge in [-0.3, -0.25) is 4.90 Å². The second kappa shape index (κ2) is 5.33. The summed E-state index contributed by atoms with van der Waals surface area (Å²) >= 11 is 0. The zero-order valence-electron chi connectivity index (χ0n) is 10.9. The largest absolute Gasteiger partial charge is 0.443 e. The van der Waals surface area contributed by atoms with E-state index in [9.17, 15) is 13.6 Å². The van der Waals surface area contributed by atoms with Crippen molar-refractivity contribution >= 4 is 11.8 Å². The molecule has 0 atom stereocenters. The standard InChI is InChI=1S/C13H17F2NO2/c1-13(2,3)18-12(17)16(4)10-7-5-9(6-8-10)11(14)15/h5-8,11H,1-4H3. The number of benzene rings is 1. The van der Waals surface area contributed by atoms with Crippen LogP contribution in [0.5, 0.6) is 0 Å². The highest BCUT2D eigenvalue weighted by Crippen LogP contribution is 2.22. The van der Waals surface area contributed by atoms with E-state index in [1.165, 1.54) is 36.2 Å². The zero-order valence-corrected chi connectivity index (χ0v) is 10.9. The fourth-order valence-corrected chi connectivity index (χ4v) is 1.28. The van der Waals surface area contributed by atoms with Crippen LogP contribution in [0.3, 0.4) is 0 Å². The second-order valence-electron chi connectivity index (χ2n) is 4.93. The lowest BCUT2D eigenvalue weighted by Gasteiger charge is -2.24. The van der Waals surface area contributed by atoms with Gasteiger partial charge in [0.25, 0.3) is 6.43 Å². The summed E-state index contributed by atoms with van der Waals surface area (Å²) in [7, 11) is 1.53. The van der Waals surface area contributed by atoms with Gasteiger partial charge in [0.05, 0.1) is 0 Å². The summed E-state index contributed by atoms with van der Waals surface area (Å²) in [5.41, 5.74) is -0.154. The Hall–Kier alpha value is -1.65. The van der Waals surface area contributed by atoms with Gasteiger partial charge in [0.15, 0.2) is 0 Å². The van der Waals surface area contributed by atoms with Gasteiger partial charge in [0.1, 0.15) is 5.60 Å². The van der Waals surface area contributed by atoms with Crippen LogP contribution in [-0.4, -0.2) is 18.7 Å². The van der Waals surface area contributed by atoms with Gasteiger partial charge in [-0.1, -0.05) is 12.1 Å². The Morgan fingerprint density at radius 1 is 1.22 bits per heavy atom. The molecule has 0 spiro atoms. The molecule has 0 aliphatic heterocycles. The normalized spacial score (nSPS) is 11.5. The van der Waals surface area contributed by atoms with Crippen molar-refractivity contribution in [1.29, 1.82) is 0 Å². The molecule has 1 aromatic rings. The molecule has 0 aromatic heterocycles. The van der Waals surface area contributed by atoms with Gasteiger partial charge in [0, 0.05) is 18.3 Å². The maximum atomic E-state index is 12.4. The van der Waals surface area contributed by atoms with Gasteiger partial charge in [-0.15, -0.1) is 0 Å². The number of carbonyl (C=O) groups excluding carboxylic acids is 1. The lowest BCUT2D eigenvalue weighted by atomic mass is 10.2. The first kappa shape index (κ1) is 14.4. The van der Waals surface area contributed by atoms with Gasteiger partial charge in [-0.25, -0.2) is 13.6 Å². The molecular weight excluding hydrogens is 240 g/mol. The van der Waals surface area contributed by atoms with E-state index < -0.39 is 18.1 Å². The number of rotatable bonds is 2. The molecule has 1 rings (SSSR count). The summed E-state index contributed by atoms with van der Waals surface area (Å²) < 4.78 is 29.9. The molecule has 0 saturated carbocycles.